The average molecular weight is 156 g/mol. The van der Waals surface area contributed by atoms with E-state index in [4.69, 9.17) is 15.2 Å². The summed E-state index contributed by atoms with van der Waals surface area (Å²) in [5.41, 5.74) is 0. The molecule has 0 atom stereocenters. The Labute approximate surface area is 76.0 Å². The number of carboxylic acid groups (broad SMARTS) is 1. The maximum Gasteiger partial charge on any atom is 1.00 e. The second-order valence-electron chi connectivity index (χ2n) is 1.39. The van der Waals surface area contributed by atoms with E-state index in [2.05, 4.69) is 4.65 Å². The fourth-order valence-corrected chi connectivity index (χ4v) is 0.283. The second-order valence-corrected chi connectivity index (χ2v) is 1.39. The number of carbonyl (C=O) groups excluding carboxylic acids is 1. The summed E-state index contributed by atoms with van der Waals surface area (Å²) in [6.07, 6.45) is -0.877. The molecule has 0 amide bonds. The maximum atomic E-state index is 10.1. The van der Waals surface area contributed by atoms with Crippen LogP contribution in [0.25, 0.3) is 0 Å². The van der Waals surface area contributed by atoms with Crippen molar-refractivity contribution in [1.29, 1.82) is 0 Å². The van der Waals surface area contributed by atoms with Crippen molar-refractivity contribution in [1.82, 2.24) is 0 Å². The monoisotopic (exact) mass is 156 g/mol. The van der Waals surface area contributed by atoms with Crippen LogP contribution < -0.4 is 18.9 Å². The summed E-state index contributed by atoms with van der Waals surface area (Å²) in [5, 5.41) is 23.8. The summed E-state index contributed by atoms with van der Waals surface area (Å²) in [5.74, 6) is -2.58. The largest absolute Gasteiger partial charge is 1.00 e. The van der Waals surface area contributed by atoms with Gasteiger partial charge in [-0.3, -0.25) is 9.59 Å². The fourth-order valence-electron chi connectivity index (χ4n) is 0.283. The van der Waals surface area contributed by atoms with Crippen molar-refractivity contribution in [3.8, 4) is 0 Å². The molecule has 0 saturated heterocycles. The van der Waals surface area contributed by atoms with E-state index in [0.29, 0.717) is 0 Å². The zero-order valence-corrected chi connectivity index (χ0v) is 5.85. The third-order valence-electron chi connectivity index (χ3n) is 0.532. The van der Waals surface area contributed by atoms with Crippen LogP contribution in [0, 0.1) is 0 Å². The standard InChI is InChI=1S/C3H5BO6.Li.H/c5-2(6)1-3(7)10-4(8)9;;/h8-9H,1H2,(H,5,6);;/q;+1;-1. The van der Waals surface area contributed by atoms with Gasteiger partial charge < -0.3 is 21.2 Å². The van der Waals surface area contributed by atoms with Crippen LogP contribution in [0.2, 0.25) is 0 Å². The van der Waals surface area contributed by atoms with Crippen LogP contribution in [0.5, 0.6) is 0 Å². The molecule has 3 N–H and O–H groups in total. The molecule has 0 unspecified atom stereocenters. The predicted octanol–water partition coefficient (Wildman–Crippen LogP) is -4.91. The molecule has 58 valence electrons. The normalized spacial score (nSPS) is 7.82. The maximum absolute atomic E-state index is 10.1. The van der Waals surface area contributed by atoms with Crippen molar-refractivity contribution >= 4 is 19.3 Å². The molecule has 0 aromatic carbocycles. The zero-order chi connectivity index (χ0) is 8.15. The molecule has 0 fully saturated rings. The van der Waals surface area contributed by atoms with Crippen molar-refractivity contribution in [2.45, 2.75) is 6.42 Å². The first-order valence-electron chi connectivity index (χ1n) is 2.30. The van der Waals surface area contributed by atoms with Gasteiger partial charge in [-0.15, -0.1) is 0 Å². The molecular formula is C3H6BLiO6. The Morgan fingerprint density at radius 1 is 1.45 bits per heavy atom. The van der Waals surface area contributed by atoms with Crippen LogP contribution in [0.4, 0.5) is 0 Å². The molecule has 0 bridgehead atoms. The zero-order valence-electron chi connectivity index (χ0n) is 6.85. The van der Waals surface area contributed by atoms with Gasteiger partial charge in [0.2, 0.25) is 0 Å². The SMILES string of the molecule is O=C(O)CC(=O)OB(O)O.[H-].[Li+]. The molecule has 0 radical (unpaired) electrons. The Kier molecular flexibility index (Phi) is 7.46. The van der Waals surface area contributed by atoms with Gasteiger partial charge >= 0.3 is 38.1 Å². The van der Waals surface area contributed by atoms with E-state index >= 15 is 0 Å². The first-order chi connectivity index (χ1) is 4.52. The Bertz CT molecular complexity index is 152. The molecule has 0 aromatic heterocycles. The molecular weight excluding hydrogens is 150 g/mol. The van der Waals surface area contributed by atoms with E-state index in [1.54, 1.807) is 0 Å². The van der Waals surface area contributed by atoms with Crippen molar-refractivity contribution in [2.75, 3.05) is 0 Å². The average Bonchev–Trinajstić information content (AvgIpc) is 1.58. The van der Waals surface area contributed by atoms with Gasteiger partial charge in [0.05, 0.1) is 0 Å². The molecule has 0 aromatic rings. The van der Waals surface area contributed by atoms with Crippen molar-refractivity contribution in [2.24, 2.45) is 0 Å². The molecule has 11 heavy (non-hydrogen) atoms. The van der Waals surface area contributed by atoms with Gasteiger partial charge in [0, 0.05) is 0 Å². The molecule has 0 aliphatic rings. The molecule has 0 heterocycles. The second kappa shape index (κ2) is 6.25. The summed E-state index contributed by atoms with van der Waals surface area (Å²) in [7, 11) is -2.24. The van der Waals surface area contributed by atoms with Crippen LogP contribution in [0.15, 0.2) is 0 Å². The van der Waals surface area contributed by atoms with Crippen LogP contribution in [0.3, 0.4) is 0 Å². The van der Waals surface area contributed by atoms with E-state index in [1.165, 1.54) is 0 Å². The first kappa shape index (κ1) is 13.1. The Hall–Kier alpha value is -0.478. The van der Waals surface area contributed by atoms with Gasteiger partial charge in [-0.1, -0.05) is 0 Å². The minimum Gasteiger partial charge on any atom is -1.00 e. The third kappa shape index (κ3) is 9.52. The minimum absolute atomic E-state index is 0. The van der Waals surface area contributed by atoms with E-state index in [0.717, 1.165) is 0 Å². The Morgan fingerprint density at radius 2 is 1.91 bits per heavy atom. The molecule has 8 heteroatoms. The van der Waals surface area contributed by atoms with Gasteiger partial charge in [0.25, 0.3) is 0 Å². The molecule has 0 spiro atoms. The van der Waals surface area contributed by atoms with Gasteiger partial charge in [-0.2, -0.15) is 0 Å². The van der Waals surface area contributed by atoms with E-state index < -0.39 is 25.7 Å². The van der Waals surface area contributed by atoms with Crippen LogP contribution >= 0.6 is 0 Å². The topological polar surface area (TPSA) is 104 Å². The number of carboxylic acids is 1. The number of hydrogen-bond donors (Lipinski definition) is 3. The summed E-state index contributed by atoms with van der Waals surface area (Å²) < 4.78 is 3.65. The Morgan fingerprint density at radius 3 is 2.18 bits per heavy atom. The van der Waals surface area contributed by atoms with E-state index in [9.17, 15) is 9.59 Å². The van der Waals surface area contributed by atoms with E-state index in [-0.39, 0.29) is 20.3 Å². The fraction of sp³-hybridized carbons (Fsp3) is 0.333. The predicted molar refractivity (Wildman–Crippen MR) is 29.6 cm³/mol. The quantitative estimate of drug-likeness (QED) is 0.279. The van der Waals surface area contributed by atoms with Crippen LogP contribution in [-0.2, 0) is 14.2 Å². The van der Waals surface area contributed by atoms with Crippen molar-refractivity contribution in [3.05, 3.63) is 0 Å². The van der Waals surface area contributed by atoms with Crippen molar-refractivity contribution in [3.63, 3.8) is 0 Å². The number of hydrogen-bond acceptors (Lipinski definition) is 5. The third-order valence-corrected chi connectivity index (χ3v) is 0.532. The molecule has 0 saturated carbocycles. The van der Waals surface area contributed by atoms with E-state index in [1.807, 2.05) is 0 Å². The molecule has 0 aliphatic heterocycles. The number of aliphatic carboxylic acids is 1. The Balaban J connectivity index is -0.000000405. The van der Waals surface area contributed by atoms with Gasteiger partial charge in [-0.25, -0.2) is 0 Å². The summed E-state index contributed by atoms with van der Waals surface area (Å²) in [4.78, 5) is 19.9. The summed E-state index contributed by atoms with van der Waals surface area (Å²) >= 11 is 0. The van der Waals surface area contributed by atoms with Crippen molar-refractivity contribution < 1.29 is 49.7 Å². The molecule has 0 aliphatic carbocycles. The summed E-state index contributed by atoms with van der Waals surface area (Å²) in [6, 6.07) is 0. The van der Waals surface area contributed by atoms with Gasteiger partial charge in [0.1, 0.15) is 6.42 Å². The molecule has 6 nitrogen and oxygen atoms in total. The summed E-state index contributed by atoms with van der Waals surface area (Å²) in [6.45, 7) is 0. The van der Waals surface area contributed by atoms with Crippen LogP contribution in [0.1, 0.15) is 7.85 Å². The van der Waals surface area contributed by atoms with Gasteiger partial charge in [0.15, 0.2) is 0 Å². The first-order valence-corrected chi connectivity index (χ1v) is 2.30. The van der Waals surface area contributed by atoms with Gasteiger partial charge in [-0.05, 0) is 0 Å². The smallest absolute Gasteiger partial charge is 1.00 e. The minimum atomic E-state index is -2.24. The van der Waals surface area contributed by atoms with Crippen LogP contribution in [-0.4, -0.2) is 34.4 Å². The number of rotatable bonds is 3. The number of carbonyl (C=O) groups is 2. The molecule has 0 rings (SSSR count).